The van der Waals surface area contributed by atoms with Crippen LogP contribution in [0.25, 0.3) is 0 Å². The number of carboxylic acid groups (broad SMARTS) is 1. The predicted molar refractivity (Wildman–Crippen MR) is 106 cm³/mol. The maximum atomic E-state index is 12.4. The van der Waals surface area contributed by atoms with Gasteiger partial charge in [0.2, 0.25) is 0 Å². The van der Waals surface area contributed by atoms with Gasteiger partial charge in [-0.05, 0) is 44.1 Å². The van der Waals surface area contributed by atoms with Crippen LogP contribution in [0.1, 0.15) is 30.4 Å². The molecule has 0 aromatic heterocycles. The second-order valence-electron chi connectivity index (χ2n) is 8.82. The summed E-state index contributed by atoms with van der Waals surface area (Å²) in [7, 11) is 3.55. The summed E-state index contributed by atoms with van der Waals surface area (Å²) in [5.41, 5.74) is 0.00341. The number of hydrogen-bond acceptors (Lipinski definition) is 8. The molecule has 1 fully saturated rings. The van der Waals surface area contributed by atoms with Crippen LogP contribution in [-0.2, 0) is 26.2 Å². The summed E-state index contributed by atoms with van der Waals surface area (Å²) in [6.07, 6.45) is -0.203. The first-order chi connectivity index (χ1) is 14.7. The average molecular weight is 431 g/mol. The van der Waals surface area contributed by atoms with Crippen LogP contribution in [0.15, 0.2) is 24.0 Å². The van der Waals surface area contributed by atoms with Crippen LogP contribution in [0.2, 0.25) is 0 Å². The number of piperidine rings is 1. The van der Waals surface area contributed by atoms with Crippen molar-refractivity contribution in [2.24, 2.45) is 0 Å². The molecule has 2 heterocycles. The quantitative estimate of drug-likeness (QED) is 0.566. The van der Waals surface area contributed by atoms with Crippen molar-refractivity contribution in [3.63, 3.8) is 0 Å². The molecule has 2 aliphatic carbocycles. The number of likely N-dealkylation sites (tertiary alicyclic amines) is 1. The summed E-state index contributed by atoms with van der Waals surface area (Å²) >= 11 is 0. The molecule has 5 rings (SSSR count). The highest BCUT2D eigenvalue weighted by Gasteiger charge is 2.72. The molecule has 31 heavy (non-hydrogen) atoms. The first kappa shape index (κ1) is 20.3. The summed E-state index contributed by atoms with van der Waals surface area (Å²) in [4.78, 5) is 25.4. The number of aliphatic hydroxyl groups is 2. The van der Waals surface area contributed by atoms with Crippen molar-refractivity contribution in [1.82, 2.24) is 4.90 Å². The molecule has 5 atom stereocenters. The Morgan fingerprint density at radius 3 is 2.87 bits per heavy atom. The molecule has 0 amide bonds. The van der Waals surface area contributed by atoms with E-state index in [-0.39, 0.29) is 18.2 Å². The molecule has 1 unspecified atom stereocenters. The highest BCUT2D eigenvalue weighted by atomic mass is 16.6. The zero-order valence-corrected chi connectivity index (χ0v) is 17.3. The van der Waals surface area contributed by atoms with E-state index < -0.39 is 41.6 Å². The fourth-order valence-corrected chi connectivity index (χ4v) is 6.02. The molecule has 0 radical (unpaired) electrons. The van der Waals surface area contributed by atoms with Crippen LogP contribution in [0.3, 0.4) is 0 Å². The lowest BCUT2D eigenvalue weighted by Crippen LogP contribution is -2.74. The number of benzene rings is 1. The van der Waals surface area contributed by atoms with Crippen molar-refractivity contribution >= 4 is 11.9 Å². The Hall–Kier alpha value is -2.62. The van der Waals surface area contributed by atoms with E-state index in [4.69, 9.17) is 19.3 Å². The summed E-state index contributed by atoms with van der Waals surface area (Å²) in [5.74, 6) is -1.09. The second kappa shape index (κ2) is 6.69. The molecule has 4 aliphatic rings. The molecule has 9 nitrogen and oxygen atoms in total. The number of aliphatic hydroxyl groups excluding tert-OH is 1. The standard InChI is InChI=1S/C22H25NO8/c1-23-8-7-21-17-11-3-4-13(29-2)18(17)31-19(21)14(5-6-22(21,28)15(23)9-11)30-20(27)12(24)10-16(25)26/h3-5,12,15,19,24,28H,6-10H2,1-2H3,(H,25,26)/t12?,15-,19+,21+,22-/m1/s1. The zero-order chi connectivity index (χ0) is 22.1. The molecule has 2 aliphatic heterocycles. The van der Waals surface area contributed by atoms with E-state index in [0.29, 0.717) is 24.3 Å². The molecular weight excluding hydrogens is 406 g/mol. The number of esters is 1. The van der Waals surface area contributed by atoms with Gasteiger partial charge < -0.3 is 34.4 Å². The predicted octanol–water partition coefficient (Wildman–Crippen LogP) is 0.352. The van der Waals surface area contributed by atoms with E-state index >= 15 is 0 Å². The minimum absolute atomic E-state index is 0.134. The minimum Gasteiger partial charge on any atom is -0.493 e. The van der Waals surface area contributed by atoms with Crippen molar-refractivity contribution in [2.75, 3.05) is 20.7 Å². The van der Waals surface area contributed by atoms with Crippen LogP contribution in [0.5, 0.6) is 11.5 Å². The van der Waals surface area contributed by atoms with Gasteiger partial charge in [0, 0.05) is 18.0 Å². The fourth-order valence-electron chi connectivity index (χ4n) is 6.02. The Balaban J connectivity index is 1.61. The van der Waals surface area contributed by atoms with Crippen molar-refractivity contribution < 1.29 is 39.1 Å². The van der Waals surface area contributed by atoms with Gasteiger partial charge in [-0.25, -0.2) is 4.79 Å². The Kier molecular flexibility index (Phi) is 4.38. The van der Waals surface area contributed by atoms with Gasteiger partial charge in [-0.1, -0.05) is 6.07 Å². The Labute approximate surface area is 178 Å². The van der Waals surface area contributed by atoms with Crippen LogP contribution >= 0.6 is 0 Å². The number of ether oxygens (including phenoxy) is 3. The Bertz CT molecular complexity index is 1010. The highest BCUT2D eigenvalue weighted by Crippen LogP contribution is 2.65. The molecule has 9 heteroatoms. The monoisotopic (exact) mass is 431 g/mol. The third-order valence-electron chi connectivity index (χ3n) is 7.42. The molecule has 166 valence electrons. The zero-order valence-electron chi connectivity index (χ0n) is 17.3. The van der Waals surface area contributed by atoms with Crippen LogP contribution in [0.4, 0.5) is 0 Å². The van der Waals surface area contributed by atoms with Crippen LogP contribution < -0.4 is 9.47 Å². The summed E-state index contributed by atoms with van der Waals surface area (Å²) in [5, 5.41) is 30.8. The van der Waals surface area contributed by atoms with E-state index in [2.05, 4.69) is 4.90 Å². The first-order valence-corrected chi connectivity index (χ1v) is 10.3. The number of carboxylic acids is 1. The van der Waals surface area contributed by atoms with Crippen LogP contribution in [0, 0.1) is 0 Å². The smallest absolute Gasteiger partial charge is 0.340 e. The van der Waals surface area contributed by atoms with Gasteiger partial charge in [-0.15, -0.1) is 0 Å². The SMILES string of the molecule is COc1ccc2c3c1O[C@H]1C(OC(=O)C(O)CC(=O)O)=CC[C@@]4(O)[C@@H](C2)N(C)CC[C@]314. The van der Waals surface area contributed by atoms with Gasteiger partial charge in [-0.3, -0.25) is 4.79 Å². The Morgan fingerprint density at radius 2 is 2.16 bits per heavy atom. The van der Waals surface area contributed by atoms with Gasteiger partial charge in [0.1, 0.15) is 5.76 Å². The van der Waals surface area contributed by atoms with E-state index in [9.17, 15) is 19.8 Å². The topological polar surface area (TPSA) is 126 Å². The number of nitrogens with zero attached hydrogens (tertiary/aromatic N) is 1. The number of carbonyl (C=O) groups is 2. The molecule has 1 aromatic rings. The van der Waals surface area contributed by atoms with Crippen molar-refractivity contribution in [2.45, 2.75) is 54.9 Å². The second-order valence-corrected chi connectivity index (χ2v) is 8.82. The molecule has 1 aromatic carbocycles. The van der Waals surface area contributed by atoms with E-state index in [0.717, 1.165) is 17.7 Å². The summed E-state index contributed by atoms with van der Waals surface area (Å²) in [6.45, 7) is 0.728. The van der Waals surface area contributed by atoms with Gasteiger partial charge in [0.15, 0.2) is 23.7 Å². The highest BCUT2D eigenvalue weighted by molar-refractivity contribution is 5.81. The van der Waals surface area contributed by atoms with Gasteiger partial charge in [-0.2, -0.15) is 0 Å². The fraction of sp³-hybridized carbons (Fsp3) is 0.545. The van der Waals surface area contributed by atoms with Crippen molar-refractivity contribution in [3.05, 3.63) is 35.1 Å². The summed E-state index contributed by atoms with van der Waals surface area (Å²) in [6, 6.07) is 3.71. The van der Waals surface area contributed by atoms with E-state index in [1.807, 2.05) is 19.2 Å². The van der Waals surface area contributed by atoms with E-state index in [1.165, 1.54) is 0 Å². The largest absolute Gasteiger partial charge is 0.493 e. The lowest BCUT2D eigenvalue weighted by molar-refractivity contribution is -0.173. The minimum atomic E-state index is -1.79. The van der Waals surface area contributed by atoms with Gasteiger partial charge >= 0.3 is 11.9 Å². The van der Waals surface area contributed by atoms with Crippen LogP contribution in [-0.4, -0.2) is 76.7 Å². The van der Waals surface area contributed by atoms with Crippen molar-refractivity contribution in [1.29, 1.82) is 0 Å². The maximum Gasteiger partial charge on any atom is 0.340 e. The number of hydrogen-bond donors (Lipinski definition) is 3. The lowest BCUT2D eigenvalue weighted by Gasteiger charge is -2.61. The Morgan fingerprint density at radius 1 is 1.39 bits per heavy atom. The number of rotatable bonds is 5. The maximum absolute atomic E-state index is 12.4. The number of carbonyl (C=O) groups excluding carboxylic acids is 1. The van der Waals surface area contributed by atoms with Crippen molar-refractivity contribution in [3.8, 4) is 11.5 Å². The lowest BCUT2D eigenvalue weighted by atomic mass is 9.50. The number of likely N-dealkylation sites (N-methyl/N-ethyl adjacent to an activating group) is 1. The average Bonchev–Trinajstić information content (AvgIpc) is 3.07. The van der Waals surface area contributed by atoms with Gasteiger partial charge in [0.05, 0.1) is 24.5 Å². The normalized spacial score (nSPS) is 33.6. The van der Waals surface area contributed by atoms with E-state index in [1.54, 1.807) is 13.2 Å². The molecule has 1 saturated heterocycles. The third kappa shape index (κ3) is 2.54. The number of methoxy groups -OCH3 is 1. The third-order valence-corrected chi connectivity index (χ3v) is 7.42. The molecule has 1 spiro atoms. The molecule has 2 bridgehead atoms. The molecule has 3 N–H and O–H groups in total. The number of aliphatic carboxylic acids is 1. The molecule has 0 saturated carbocycles. The molecular formula is C22H25NO8. The first-order valence-electron chi connectivity index (χ1n) is 10.3. The summed E-state index contributed by atoms with van der Waals surface area (Å²) < 4.78 is 17.3. The van der Waals surface area contributed by atoms with Gasteiger partial charge in [0.25, 0.3) is 0 Å².